The van der Waals surface area contributed by atoms with Gasteiger partial charge in [0.2, 0.25) is 0 Å². The van der Waals surface area contributed by atoms with Crippen LogP contribution >= 0.6 is 54.5 Å². The predicted molar refractivity (Wildman–Crippen MR) is 170 cm³/mol. The molecule has 10 nitrogen and oxygen atoms in total. The summed E-state index contributed by atoms with van der Waals surface area (Å²) in [5, 5.41) is 25.9. The summed E-state index contributed by atoms with van der Waals surface area (Å²) in [6, 6.07) is 16.7. The quantitative estimate of drug-likeness (QED) is 0.143. The lowest BCUT2D eigenvalue weighted by Gasteiger charge is -2.06. The van der Waals surface area contributed by atoms with E-state index in [0.717, 1.165) is 0 Å². The highest BCUT2D eigenvalue weighted by molar-refractivity contribution is 14.1. The molecule has 0 spiro atoms. The molecule has 4 rings (SSSR count). The molecule has 0 radical (unpaired) electrons. The molecule has 4 aromatic rings. The van der Waals surface area contributed by atoms with Crippen molar-refractivity contribution in [3.05, 3.63) is 109 Å². The molecule has 0 unspecified atom stereocenters. The second kappa shape index (κ2) is 19.6. The molecule has 0 aliphatic carbocycles. The summed E-state index contributed by atoms with van der Waals surface area (Å²) in [7, 11) is 3.43. The Kier molecular flexibility index (Phi) is 17.1. The molecule has 0 saturated carbocycles. The Balaban J connectivity index is 0.000000298. The fourth-order valence-corrected chi connectivity index (χ4v) is 3.63. The van der Waals surface area contributed by atoms with Crippen molar-refractivity contribution in [2.75, 3.05) is 20.6 Å². The van der Waals surface area contributed by atoms with Crippen molar-refractivity contribution in [3.8, 4) is 17.2 Å². The third kappa shape index (κ3) is 15.8. The van der Waals surface area contributed by atoms with Crippen LogP contribution in [0.15, 0.2) is 94.4 Å². The van der Waals surface area contributed by atoms with E-state index in [0.29, 0.717) is 32.3 Å². The SMILES string of the molecule is CN(C)CC(=O)O.Ic1cccnc1.O=C(O)c1cc(Oc2cccnc2)ccc1Br.O=Cc1cc(O)ccc1Br. The van der Waals surface area contributed by atoms with Crippen LogP contribution in [-0.4, -0.2) is 69.1 Å². The zero-order valence-electron chi connectivity index (χ0n) is 21.8. The number of benzene rings is 2. The van der Waals surface area contributed by atoms with Crippen LogP contribution in [0.2, 0.25) is 0 Å². The first kappa shape index (κ1) is 35.6. The van der Waals surface area contributed by atoms with Gasteiger partial charge in [0, 0.05) is 36.7 Å². The van der Waals surface area contributed by atoms with Crippen molar-refractivity contribution >= 4 is 72.7 Å². The normalized spacial score (nSPS) is 9.51. The van der Waals surface area contributed by atoms with E-state index in [1.54, 1.807) is 67.9 Å². The molecule has 216 valence electrons. The van der Waals surface area contributed by atoms with Gasteiger partial charge in [-0.1, -0.05) is 15.9 Å². The maximum Gasteiger partial charge on any atom is 0.336 e. The number of nitrogens with zero attached hydrogens (tertiary/aromatic N) is 3. The Morgan fingerprint density at radius 2 is 1.56 bits per heavy atom. The first-order chi connectivity index (χ1) is 19.4. The lowest BCUT2D eigenvalue weighted by Crippen LogP contribution is -2.20. The van der Waals surface area contributed by atoms with Crippen molar-refractivity contribution in [3.63, 3.8) is 0 Å². The van der Waals surface area contributed by atoms with Crippen LogP contribution in [0.4, 0.5) is 0 Å². The van der Waals surface area contributed by atoms with Gasteiger partial charge in [0.05, 0.1) is 18.3 Å². The van der Waals surface area contributed by atoms with Crippen LogP contribution in [0, 0.1) is 3.57 Å². The van der Waals surface area contributed by atoms with Gasteiger partial charge in [0.15, 0.2) is 6.29 Å². The molecule has 2 aromatic heterocycles. The highest BCUT2D eigenvalue weighted by atomic mass is 127. The maximum atomic E-state index is 10.9. The van der Waals surface area contributed by atoms with E-state index in [-0.39, 0.29) is 17.9 Å². The van der Waals surface area contributed by atoms with E-state index in [2.05, 4.69) is 64.4 Å². The van der Waals surface area contributed by atoms with Crippen molar-refractivity contribution in [2.24, 2.45) is 0 Å². The summed E-state index contributed by atoms with van der Waals surface area (Å²) < 4.78 is 7.87. The van der Waals surface area contributed by atoms with Gasteiger partial charge in [-0.25, -0.2) is 4.79 Å². The number of phenols is 1. The number of pyridine rings is 2. The Hall–Kier alpha value is -3.40. The average molecular weight is 803 g/mol. The van der Waals surface area contributed by atoms with Gasteiger partial charge < -0.3 is 20.1 Å². The fourth-order valence-electron chi connectivity index (χ4n) is 2.51. The highest BCUT2D eigenvalue weighted by Crippen LogP contribution is 2.26. The molecule has 0 saturated heterocycles. The predicted octanol–water partition coefficient (Wildman–Crippen LogP) is 6.62. The van der Waals surface area contributed by atoms with Gasteiger partial charge in [-0.2, -0.15) is 0 Å². The third-order valence-electron chi connectivity index (χ3n) is 4.22. The number of aliphatic carboxylic acids is 1. The summed E-state index contributed by atoms with van der Waals surface area (Å²) >= 11 is 8.53. The zero-order valence-corrected chi connectivity index (χ0v) is 27.1. The number of phenolic OH excluding ortho intramolecular Hbond substituents is 1. The third-order valence-corrected chi connectivity index (χ3v) is 6.27. The number of carboxylic acid groups (broad SMARTS) is 2. The van der Waals surface area contributed by atoms with E-state index in [1.165, 1.54) is 21.8 Å². The molecule has 3 N–H and O–H groups in total. The Morgan fingerprint density at radius 3 is 1.98 bits per heavy atom. The highest BCUT2D eigenvalue weighted by Gasteiger charge is 2.10. The van der Waals surface area contributed by atoms with Crippen molar-refractivity contribution in [1.82, 2.24) is 14.9 Å². The monoisotopic (exact) mass is 801 g/mol. The number of aromatic nitrogens is 2. The number of carboxylic acids is 2. The molecule has 2 aromatic carbocycles. The Morgan fingerprint density at radius 1 is 0.927 bits per heavy atom. The minimum absolute atomic E-state index is 0.102. The summed E-state index contributed by atoms with van der Waals surface area (Å²) in [5.41, 5.74) is 0.617. The van der Waals surface area contributed by atoms with Crippen molar-refractivity contribution in [2.45, 2.75) is 0 Å². The standard InChI is InChI=1S/C12H8BrNO3.C7H5BrO2.C5H4IN.C4H9NO2/c13-11-4-3-8(6-10(11)12(15)16)17-9-2-1-5-14-7-9;8-7-2-1-6(10)3-5(7)4-9;6-5-2-1-3-7-4-5;1-5(2)3-4(6)7/h1-7H,(H,15,16);1-4,10H;1-4H;3H2,1-2H3,(H,6,7). The van der Waals surface area contributed by atoms with E-state index in [9.17, 15) is 14.4 Å². The molecule has 0 aliphatic rings. The summed E-state index contributed by atoms with van der Waals surface area (Å²) in [6.45, 7) is 0.111. The molecular weight excluding hydrogens is 777 g/mol. The molecule has 0 atom stereocenters. The van der Waals surface area contributed by atoms with Crippen LogP contribution in [-0.2, 0) is 4.79 Å². The number of hydrogen-bond acceptors (Lipinski definition) is 8. The number of hydrogen-bond donors (Lipinski definition) is 3. The number of aldehydes is 1. The topological polar surface area (TPSA) is 150 Å². The van der Waals surface area contributed by atoms with Crippen LogP contribution < -0.4 is 4.74 Å². The van der Waals surface area contributed by atoms with Gasteiger partial charge in [-0.3, -0.25) is 24.5 Å². The molecule has 2 heterocycles. The number of likely N-dealkylation sites (N-methyl/N-ethyl adjacent to an activating group) is 1. The van der Waals surface area contributed by atoms with Gasteiger partial charge in [-0.05, 0) is 113 Å². The number of ether oxygens (including phenoxy) is 1. The second-order valence-corrected chi connectivity index (χ2v) is 10.8. The molecule has 41 heavy (non-hydrogen) atoms. The van der Waals surface area contributed by atoms with E-state index >= 15 is 0 Å². The summed E-state index contributed by atoms with van der Waals surface area (Å²) in [5.74, 6) is -0.673. The molecule has 0 amide bonds. The van der Waals surface area contributed by atoms with E-state index in [1.807, 2.05) is 18.3 Å². The number of rotatable bonds is 6. The van der Waals surface area contributed by atoms with E-state index in [4.69, 9.17) is 20.1 Å². The fraction of sp³-hybridized carbons (Fsp3) is 0.107. The molecule has 0 aliphatic heterocycles. The minimum Gasteiger partial charge on any atom is -0.508 e. The van der Waals surface area contributed by atoms with Crippen molar-refractivity contribution < 1.29 is 34.4 Å². The van der Waals surface area contributed by atoms with Crippen LogP contribution in [0.25, 0.3) is 0 Å². The lowest BCUT2D eigenvalue weighted by atomic mass is 10.2. The molecule has 0 fully saturated rings. The minimum atomic E-state index is -1.01. The number of aromatic hydroxyl groups is 1. The van der Waals surface area contributed by atoms with Crippen LogP contribution in [0.1, 0.15) is 20.7 Å². The first-order valence-corrected chi connectivity index (χ1v) is 14.1. The van der Waals surface area contributed by atoms with Crippen LogP contribution in [0.3, 0.4) is 0 Å². The Labute approximate surface area is 267 Å². The smallest absolute Gasteiger partial charge is 0.336 e. The van der Waals surface area contributed by atoms with Gasteiger partial charge >= 0.3 is 11.9 Å². The maximum absolute atomic E-state index is 10.9. The van der Waals surface area contributed by atoms with Gasteiger partial charge in [0.25, 0.3) is 0 Å². The number of aromatic carboxylic acids is 1. The van der Waals surface area contributed by atoms with Crippen molar-refractivity contribution in [1.29, 1.82) is 0 Å². The van der Waals surface area contributed by atoms with Crippen LogP contribution in [0.5, 0.6) is 17.2 Å². The Bertz CT molecular complexity index is 1400. The largest absolute Gasteiger partial charge is 0.508 e. The molecule has 0 bridgehead atoms. The second-order valence-electron chi connectivity index (χ2n) is 7.86. The van der Waals surface area contributed by atoms with Gasteiger partial charge in [-0.15, -0.1) is 0 Å². The average Bonchev–Trinajstić information content (AvgIpc) is 2.92. The lowest BCUT2D eigenvalue weighted by molar-refractivity contribution is -0.137. The summed E-state index contributed by atoms with van der Waals surface area (Å²) in [4.78, 5) is 40.3. The molecule has 13 heteroatoms. The first-order valence-electron chi connectivity index (χ1n) is 11.4. The number of carbonyl (C=O) groups excluding carboxylic acids is 1. The van der Waals surface area contributed by atoms with E-state index < -0.39 is 11.9 Å². The molecular formula is C28H26Br2IN3O7. The number of halogens is 3. The van der Waals surface area contributed by atoms with Gasteiger partial charge in [0.1, 0.15) is 17.2 Å². The zero-order chi connectivity index (χ0) is 30.8. The summed E-state index contributed by atoms with van der Waals surface area (Å²) in [6.07, 6.45) is 7.46. The number of carbonyl (C=O) groups is 3.